The molecule has 0 radical (unpaired) electrons. The molecule has 2 N–H and O–H groups in total. The Bertz CT molecular complexity index is 609. The van der Waals surface area contributed by atoms with E-state index in [1.54, 1.807) is 7.11 Å². The minimum atomic E-state index is 0.0656. The minimum absolute atomic E-state index is 0.0656. The van der Waals surface area contributed by atoms with E-state index in [0.717, 1.165) is 43.8 Å². The van der Waals surface area contributed by atoms with Crippen molar-refractivity contribution in [2.75, 3.05) is 26.7 Å². The van der Waals surface area contributed by atoms with Crippen LogP contribution in [0.3, 0.4) is 0 Å². The van der Waals surface area contributed by atoms with Crippen molar-refractivity contribution < 1.29 is 9.53 Å². The number of nitrogens with zero attached hydrogens (tertiary/aromatic N) is 1. The van der Waals surface area contributed by atoms with Crippen LogP contribution < -0.4 is 15.4 Å². The third kappa shape index (κ3) is 3.53. The topological polar surface area (TPSA) is 53.6 Å². The number of piperazine rings is 1. The summed E-state index contributed by atoms with van der Waals surface area (Å²) in [5, 5.41) is 7.11. The summed E-state index contributed by atoms with van der Waals surface area (Å²) < 4.78 is 5.54. The first kappa shape index (κ1) is 16.9. The number of benzene rings is 1. The molecule has 3 unspecified atom stereocenters. The molecule has 1 amide bonds. The Hall–Kier alpha value is -1.59. The molecule has 0 saturated carbocycles. The van der Waals surface area contributed by atoms with Crippen molar-refractivity contribution in [1.29, 1.82) is 0 Å². The first-order valence-corrected chi connectivity index (χ1v) is 9.63. The molecule has 3 heterocycles. The minimum Gasteiger partial charge on any atom is -0.496 e. The highest BCUT2D eigenvalue weighted by atomic mass is 16.5. The van der Waals surface area contributed by atoms with E-state index in [4.69, 9.17) is 4.74 Å². The molecule has 3 saturated heterocycles. The Morgan fingerprint density at radius 3 is 2.76 bits per heavy atom. The third-order valence-electron chi connectivity index (χ3n) is 6.10. The van der Waals surface area contributed by atoms with E-state index >= 15 is 0 Å². The third-order valence-corrected chi connectivity index (χ3v) is 6.10. The molecule has 25 heavy (non-hydrogen) atoms. The number of fused-ring (bicyclic) bond motifs is 2. The quantitative estimate of drug-likeness (QED) is 0.879. The van der Waals surface area contributed by atoms with E-state index < -0.39 is 0 Å². The molecule has 1 aromatic rings. The zero-order chi connectivity index (χ0) is 17.2. The molecule has 5 nitrogen and oxygen atoms in total. The van der Waals surface area contributed by atoms with Crippen molar-refractivity contribution in [1.82, 2.24) is 15.5 Å². The van der Waals surface area contributed by atoms with E-state index in [1.165, 1.54) is 12.8 Å². The second-order valence-electron chi connectivity index (χ2n) is 7.73. The highest BCUT2D eigenvalue weighted by Gasteiger charge is 2.36. The van der Waals surface area contributed by atoms with Crippen LogP contribution in [0.2, 0.25) is 0 Å². The second-order valence-corrected chi connectivity index (χ2v) is 7.73. The van der Waals surface area contributed by atoms with Gasteiger partial charge in [-0.05, 0) is 37.7 Å². The maximum atomic E-state index is 13.1. The summed E-state index contributed by atoms with van der Waals surface area (Å²) in [5.41, 5.74) is 1.11. The smallest absolute Gasteiger partial charge is 0.223 e. The summed E-state index contributed by atoms with van der Waals surface area (Å²) in [6.07, 6.45) is 5.58. The first-order chi connectivity index (χ1) is 12.2. The van der Waals surface area contributed by atoms with Gasteiger partial charge in [-0.25, -0.2) is 0 Å². The Kier molecular flexibility index (Phi) is 4.95. The average Bonchev–Trinajstić information content (AvgIpc) is 3.00. The lowest BCUT2D eigenvalue weighted by molar-refractivity contribution is -0.135. The number of carbonyl (C=O) groups excluding carboxylic acids is 1. The van der Waals surface area contributed by atoms with Gasteiger partial charge in [0.1, 0.15) is 5.75 Å². The average molecular weight is 343 g/mol. The van der Waals surface area contributed by atoms with E-state index in [9.17, 15) is 4.79 Å². The van der Waals surface area contributed by atoms with Crippen molar-refractivity contribution in [3.63, 3.8) is 0 Å². The number of nitrogens with one attached hydrogen (secondary N) is 2. The Balaban J connectivity index is 1.47. The van der Waals surface area contributed by atoms with Crippen LogP contribution in [0.4, 0.5) is 0 Å². The van der Waals surface area contributed by atoms with E-state index in [0.29, 0.717) is 30.3 Å². The molecular formula is C20H29N3O2. The lowest BCUT2D eigenvalue weighted by Crippen LogP contribution is -2.49. The van der Waals surface area contributed by atoms with Gasteiger partial charge in [0.15, 0.2) is 0 Å². The Morgan fingerprint density at radius 2 is 2.00 bits per heavy atom. The fraction of sp³-hybridized carbons (Fsp3) is 0.650. The number of rotatable bonds is 4. The van der Waals surface area contributed by atoms with Crippen molar-refractivity contribution >= 4 is 5.91 Å². The van der Waals surface area contributed by atoms with Crippen LogP contribution in [0, 0.1) is 5.92 Å². The van der Waals surface area contributed by atoms with Gasteiger partial charge in [-0.1, -0.05) is 18.2 Å². The van der Waals surface area contributed by atoms with Gasteiger partial charge in [0.05, 0.1) is 13.2 Å². The molecule has 0 spiro atoms. The summed E-state index contributed by atoms with van der Waals surface area (Å²) in [4.78, 5) is 15.2. The van der Waals surface area contributed by atoms with Gasteiger partial charge in [0, 0.05) is 43.7 Å². The van der Waals surface area contributed by atoms with Crippen LogP contribution >= 0.6 is 0 Å². The lowest BCUT2D eigenvalue weighted by Gasteiger charge is -2.38. The van der Waals surface area contributed by atoms with Gasteiger partial charge in [-0.15, -0.1) is 0 Å². The molecule has 3 aliphatic heterocycles. The molecule has 2 bridgehead atoms. The number of hydrogen-bond donors (Lipinski definition) is 2. The van der Waals surface area contributed by atoms with Crippen LogP contribution in [-0.2, 0) is 4.79 Å². The van der Waals surface area contributed by atoms with Crippen molar-refractivity contribution in [2.24, 2.45) is 5.92 Å². The van der Waals surface area contributed by atoms with Gasteiger partial charge in [-0.2, -0.15) is 0 Å². The molecule has 3 atom stereocenters. The number of carbonyl (C=O) groups is 1. The number of amides is 1. The van der Waals surface area contributed by atoms with Crippen LogP contribution in [-0.4, -0.2) is 49.6 Å². The zero-order valence-electron chi connectivity index (χ0n) is 15.0. The fourth-order valence-electron chi connectivity index (χ4n) is 4.93. The van der Waals surface area contributed by atoms with E-state index in [-0.39, 0.29) is 6.04 Å². The molecule has 0 aromatic heterocycles. The number of methoxy groups -OCH3 is 1. The molecule has 3 fully saturated rings. The normalized spacial score (nSPS) is 31.8. The SMILES string of the molecule is COc1ccccc1C1CNCCN1C(=O)CC1CC2CCC(C1)N2. The standard InChI is InChI=1S/C20H29N3O2/c1-25-19-5-3-2-4-17(19)18-13-21-8-9-23(18)20(24)12-14-10-15-6-7-16(11-14)22-15/h2-5,14-16,18,21-22H,6-13H2,1H3. The summed E-state index contributed by atoms with van der Waals surface area (Å²) >= 11 is 0. The van der Waals surface area contributed by atoms with Crippen molar-refractivity contribution in [3.8, 4) is 5.75 Å². The van der Waals surface area contributed by atoms with Crippen LogP contribution in [0.15, 0.2) is 24.3 Å². The molecule has 0 aliphatic carbocycles. The van der Waals surface area contributed by atoms with Crippen LogP contribution in [0.25, 0.3) is 0 Å². The molecule has 1 aromatic carbocycles. The molecule has 5 heteroatoms. The molecule has 4 rings (SSSR count). The summed E-state index contributed by atoms with van der Waals surface area (Å²) in [6, 6.07) is 9.43. The second kappa shape index (κ2) is 7.34. The summed E-state index contributed by atoms with van der Waals surface area (Å²) in [5.74, 6) is 1.72. The summed E-state index contributed by atoms with van der Waals surface area (Å²) in [6.45, 7) is 2.44. The maximum absolute atomic E-state index is 13.1. The monoisotopic (exact) mass is 343 g/mol. The van der Waals surface area contributed by atoms with Crippen LogP contribution in [0.5, 0.6) is 5.75 Å². The van der Waals surface area contributed by atoms with Crippen molar-refractivity contribution in [3.05, 3.63) is 29.8 Å². The molecule has 3 aliphatic rings. The van der Waals surface area contributed by atoms with E-state index in [2.05, 4.69) is 21.6 Å². The predicted octanol–water partition coefficient (Wildman–Crippen LogP) is 2.09. The lowest BCUT2D eigenvalue weighted by atomic mass is 9.88. The molecular weight excluding hydrogens is 314 g/mol. The predicted molar refractivity (Wildman–Crippen MR) is 97.6 cm³/mol. The number of ether oxygens (including phenoxy) is 1. The highest BCUT2D eigenvalue weighted by molar-refractivity contribution is 5.77. The van der Waals surface area contributed by atoms with Gasteiger partial charge in [0.25, 0.3) is 0 Å². The van der Waals surface area contributed by atoms with Gasteiger partial charge >= 0.3 is 0 Å². The summed E-state index contributed by atoms with van der Waals surface area (Å²) in [7, 11) is 1.70. The Labute approximate surface area is 150 Å². The maximum Gasteiger partial charge on any atom is 0.223 e. The largest absolute Gasteiger partial charge is 0.496 e. The van der Waals surface area contributed by atoms with Gasteiger partial charge < -0.3 is 20.3 Å². The Morgan fingerprint density at radius 1 is 1.24 bits per heavy atom. The first-order valence-electron chi connectivity index (χ1n) is 9.63. The fourth-order valence-corrected chi connectivity index (χ4v) is 4.93. The van der Waals surface area contributed by atoms with E-state index in [1.807, 2.05) is 18.2 Å². The van der Waals surface area contributed by atoms with Crippen molar-refractivity contribution in [2.45, 2.75) is 50.2 Å². The van der Waals surface area contributed by atoms with Gasteiger partial charge in [-0.3, -0.25) is 4.79 Å². The zero-order valence-corrected chi connectivity index (χ0v) is 15.0. The van der Waals surface area contributed by atoms with Crippen LogP contribution in [0.1, 0.15) is 43.7 Å². The van der Waals surface area contributed by atoms with Gasteiger partial charge in [0.2, 0.25) is 5.91 Å². The number of para-hydroxylation sites is 1. The number of piperidine rings is 1. The molecule has 136 valence electrons. The number of hydrogen-bond acceptors (Lipinski definition) is 4. The highest BCUT2D eigenvalue weighted by Crippen LogP contribution is 2.35.